The van der Waals surface area contributed by atoms with Gasteiger partial charge in [0.2, 0.25) is 5.88 Å². The fraction of sp³-hybridized carbons (Fsp3) is 0.200. The molecule has 0 bridgehead atoms. The quantitative estimate of drug-likeness (QED) is 0.375. The first-order chi connectivity index (χ1) is 16.9. The maximum atomic E-state index is 13.4. The second-order valence-electron chi connectivity index (χ2n) is 7.67. The molecule has 0 radical (unpaired) electrons. The number of nitrogens with one attached hydrogen (secondary N) is 2. The van der Waals surface area contributed by atoms with E-state index in [1.165, 1.54) is 42.7 Å². The van der Waals surface area contributed by atoms with Crippen molar-refractivity contribution in [3.63, 3.8) is 0 Å². The van der Waals surface area contributed by atoms with Gasteiger partial charge in [0.1, 0.15) is 17.3 Å². The third-order valence-electron chi connectivity index (χ3n) is 5.20. The zero-order valence-electron chi connectivity index (χ0n) is 19.3. The van der Waals surface area contributed by atoms with Crippen LogP contribution in [0, 0.1) is 12.7 Å². The second kappa shape index (κ2) is 10.6. The van der Waals surface area contributed by atoms with Crippen molar-refractivity contribution in [2.75, 3.05) is 19.5 Å². The first-order valence-corrected chi connectivity index (χ1v) is 11.5. The normalized spacial score (nSPS) is 10.9. The van der Waals surface area contributed by atoms with Gasteiger partial charge < -0.3 is 20.1 Å². The Morgan fingerprint density at radius 1 is 1.06 bits per heavy atom. The summed E-state index contributed by atoms with van der Waals surface area (Å²) in [5, 5.41) is 6.35. The van der Waals surface area contributed by atoms with E-state index in [-0.39, 0.29) is 24.6 Å². The van der Waals surface area contributed by atoms with E-state index < -0.39 is 11.7 Å². The molecule has 180 valence electrons. The van der Waals surface area contributed by atoms with Gasteiger partial charge in [-0.1, -0.05) is 18.2 Å². The van der Waals surface area contributed by atoms with Crippen molar-refractivity contribution >= 4 is 39.1 Å². The van der Waals surface area contributed by atoms with E-state index in [9.17, 15) is 14.0 Å². The van der Waals surface area contributed by atoms with E-state index in [4.69, 9.17) is 9.47 Å². The number of halogens is 1. The molecule has 35 heavy (non-hydrogen) atoms. The zero-order valence-corrected chi connectivity index (χ0v) is 20.2. The summed E-state index contributed by atoms with van der Waals surface area (Å²) in [6.45, 7) is 2.31. The number of methoxy groups -OCH3 is 2. The number of anilines is 1. The lowest BCUT2D eigenvalue weighted by atomic mass is 10.1. The summed E-state index contributed by atoms with van der Waals surface area (Å²) in [5.41, 5.74) is 2.28. The van der Waals surface area contributed by atoms with Gasteiger partial charge in [0.15, 0.2) is 5.82 Å². The Hall–Kier alpha value is -3.89. The smallest absolute Gasteiger partial charge is 0.261 e. The lowest BCUT2D eigenvalue weighted by Crippen LogP contribution is -2.22. The Kier molecular flexibility index (Phi) is 7.33. The number of aryl methyl sites for hydroxylation is 1. The molecule has 0 saturated carbocycles. The van der Waals surface area contributed by atoms with Crippen molar-refractivity contribution in [1.82, 2.24) is 15.3 Å². The molecule has 0 aliphatic heterocycles. The average Bonchev–Trinajstić information content (AvgIpc) is 3.19. The van der Waals surface area contributed by atoms with Gasteiger partial charge in [0.25, 0.3) is 11.8 Å². The third-order valence-corrected chi connectivity index (χ3v) is 6.39. The van der Waals surface area contributed by atoms with Gasteiger partial charge in [-0.3, -0.25) is 9.59 Å². The minimum absolute atomic E-state index is 0.219. The summed E-state index contributed by atoms with van der Waals surface area (Å²) in [6, 6.07) is 12.5. The van der Waals surface area contributed by atoms with Crippen LogP contribution < -0.4 is 15.4 Å². The molecule has 2 aromatic carbocycles. The number of amides is 2. The van der Waals surface area contributed by atoms with Gasteiger partial charge in [-0.05, 0) is 48.4 Å². The molecule has 4 aromatic rings. The summed E-state index contributed by atoms with van der Waals surface area (Å²) >= 11 is 1.26. The molecule has 10 heteroatoms. The Bertz CT molecular complexity index is 1410. The van der Waals surface area contributed by atoms with Crippen LogP contribution in [0.4, 0.5) is 10.1 Å². The van der Waals surface area contributed by atoms with E-state index in [1.807, 2.05) is 13.0 Å². The summed E-state index contributed by atoms with van der Waals surface area (Å²) in [5.74, 6) is -0.285. The van der Waals surface area contributed by atoms with Crippen molar-refractivity contribution in [2.24, 2.45) is 0 Å². The molecule has 0 fully saturated rings. The molecule has 0 saturated heterocycles. The Labute approximate surface area is 205 Å². The number of nitrogens with zero attached hydrogens (tertiary/aromatic N) is 2. The maximum Gasteiger partial charge on any atom is 0.261 e. The number of rotatable bonds is 8. The van der Waals surface area contributed by atoms with Crippen molar-refractivity contribution in [3.8, 4) is 5.88 Å². The maximum absolute atomic E-state index is 13.4. The summed E-state index contributed by atoms with van der Waals surface area (Å²) in [4.78, 5) is 35.4. The molecule has 8 nitrogen and oxygen atoms in total. The number of fused-ring (bicyclic) bond motifs is 1. The van der Waals surface area contributed by atoms with Gasteiger partial charge in [-0.25, -0.2) is 9.37 Å². The molecule has 2 amide bonds. The van der Waals surface area contributed by atoms with Crippen LogP contribution in [0.2, 0.25) is 0 Å². The highest BCUT2D eigenvalue weighted by Crippen LogP contribution is 2.35. The molecule has 4 rings (SSSR count). The van der Waals surface area contributed by atoms with Crippen LogP contribution in [0.5, 0.6) is 5.88 Å². The molecule has 0 aliphatic carbocycles. The predicted octanol–water partition coefficient (Wildman–Crippen LogP) is 4.48. The highest BCUT2D eigenvalue weighted by Gasteiger charge is 2.21. The van der Waals surface area contributed by atoms with E-state index in [2.05, 4.69) is 20.6 Å². The largest absolute Gasteiger partial charge is 0.480 e. The number of thiophene rings is 1. The first-order valence-electron chi connectivity index (χ1n) is 10.7. The van der Waals surface area contributed by atoms with Crippen molar-refractivity contribution in [1.29, 1.82) is 0 Å². The summed E-state index contributed by atoms with van der Waals surface area (Å²) in [6.07, 6.45) is 0. The predicted molar refractivity (Wildman–Crippen MR) is 131 cm³/mol. The third kappa shape index (κ3) is 5.44. The van der Waals surface area contributed by atoms with E-state index >= 15 is 0 Å². The minimum Gasteiger partial charge on any atom is -0.480 e. The molecule has 0 atom stereocenters. The van der Waals surface area contributed by atoms with Crippen molar-refractivity contribution in [2.45, 2.75) is 20.1 Å². The van der Waals surface area contributed by atoms with Crippen LogP contribution in [-0.2, 0) is 17.9 Å². The Morgan fingerprint density at radius 3 is 2.60 bits per heavy atom. The molecule has 2 N–H and O–H groups in total. The van der Waals surface area contributed by atoms with Crippen LogP contribution in [-0.4, -0.2) is 36.0 Å². The van der Waals surface area contributed by atoms with E-state index in [0.717, 1.165) is 11.1 Å². The monoisotopic (exact) mass is 494 g/mol. The van der Waals surface area contributed by atoms with Gasteiger partial charge in [0.05, 0.1) is 17.4 Å². The molecule has 0 aliphatic rings. The Morgan fingerprint density at radius 2 is 1.86 bits per heavy atom. The topological polar surface area (TPSA) is 102 Å². The number of hydrogen-bond acceptors (Lipinski definition) is 7. The highest BCUT2D eigenvalue weighted by atomic mass is 32.1. The summed E-state index contributed by atoms with van der Waals surface area (Å²) in [7, 11) is 3.08. The first kappa shape index (κ1) is 24.2. The molecule has 2 heterocycles. The molecule has 2 aromatic heterocycles. The zero-order chi connectivity index (χ0) is 24.9. The number of carbonyl (C=O) groups excluding carboxylic acids is 2. The van der Waals surface area contributed by atoms with Gasteiger partial charge in [0, 0.05) is 24.9 Å². The van der Waals surface area contributed by atoms with Crippen molar-refractivity contribution < 1.29 is 23.5 Å². The molecule has 0 spiro atoms. The number of benzene rings is 2. The Balaban J connectivity index is 1.48. The van der Waals surface area contributed by atoms with E-state index in [0.29, 0.717) is 32.5 Å². The molecular formula is C25H23FN4O4S. The van der Waals surface area contributed by atoms with Crippen LogP contribution in [0.3, 0.4) is 0 Å². The van der Waals surface area contributed by atoms with Crippen molar-refractivity contribution in [3.05, 3.63) is 81.7 Å². The highest BCUT2D eigenvalue weighted by molar-refractivity contribution is 7.20. The number of carbonyl (C=O) groups is 2. The fourth-order valence-corrected chi connectivity index (χ4v) is 4.66. The van der Waals surface area contributed by atoms with Gasteiger partial charge in [-0.15, -0.1) is 11.3 Å². The molecular weight excluding hydrogens is 471 g/mol. The molecule has 0 unspecified atom stereocenters. The fourth-order valence-electron chi connectivity index (χ4n) is 3.56. The lowest BCUT2D eigenvalue weighted by molar-refractivity contribution is 0.0953. The standard InChI is InChI=1S/C25H23FN4O4S/c1-14-20-24(34-3)29-19(13-33-2)30-25(20)35-21(14)23(32)27-12-15-6-4-9-18(10-15)28-22(31)16-7-5-8-17(26)11-16/h4-11H,12-13H2,1-3H3,(H,27,32)(H,28,31). The number of hydrogen-bond donors (Lipinski definition) is 2. The van der Waals surface area contributed by atoms with Crippen LogP contribution in [0.25, 0.3) is 10.2 Å². The summed E-state index contributed by atoms with van der Waals surface area (Å²) < 4.78 is 23.9. The van der Waals surface area contributed by atoms with Crippen LogP contribution in [0.15, 0.2) is 48.5 Å². The lowest BCUT2D eigenvalue weighted by Gasteiger charge is -2.09. The SMILES string of the molecule is COCc1nc(OC)c2c(C)c(C(=O)NCc3cccc(NC(=O)c4cccc(F)c4)c3)sc2n1. The van der Waals surface area contributed by atoms with Gasteiger partial charge in [-0.2, -0.15) is 4.98 Å². The number of ether oxygens (including phenoxy) is 2. The average molecular weight is 495 g/mol. The van der Waals surface area contributed by atoms with Gasteiger partial charge >= 0.3 is 0 Å². The second-order valence-corrected chi connectivity index (χ2v) is 8.67. The van der Waals surface area contributed by atoms with Crippen LogP contribution in [0.1, 0.15) is 37.0 Å². The number of aromatic nitrogens is 2. The minimum atomic E-state index is -0.482. The van der Waals surface area contributed by atoms with E-state index in [1.54, 1.807) is 25.3 Å². The van der Waals surface area contributed by atoms with Crippen LogP contribution >= 0.6 is 11.3 Å².